The summed E-state index contributed by atoms with van der Waals surface area (Å²) in [7, 11) is 0. The van der Waals surface area contributed by atoms with Crippen molar-refractivity contribution in [2.75, 3.05) is 4.90 Å². The first-order chi connectivity index (χ1) is 17.6. The molecule has 0 aliphatic carbocycles. The molecule has 0 unspecified atom stereocenters. The van der Waals surface area contributed by atoms with Crippen LogP contribution in [0.1, 0.15) is 29.2 Å². The fourth-order valence-electron chi connectivity index (χ4n) is 4.48. The zero-order valence-corrected chi connectivity index (χ0v) is 19.6. The minimum absolute atomic E-state index is 0.0141. The highest BCUT2D eigenvalue weighted by atomic mass is 19.1. The second-order valence-electron chi connectivity index (χ2n) is 8.77. The summed E-state index contributed by atoms with van der Waals surface area (Å²) in [6.07, 6.45) is 4.37. The lowest BCUT2D eigenvalue weighted by molar-refractivity contribution is -0.130. The molecule has 5 heteroatoms. The molecule has 3 nitrogen and oxygen atoms in total. The molecule has 1 fully saturated rings. The number of benzene rings is 4. The van der Waals surface area contributed by atoms with Gasteiger partial charge in [-0.15, -0.1) is 0 Å². The lowest BCUT2D eigenvalue weighted by Gasteiger charge is -2.47. The summed E-state index contributed by atoms with van der Waals surface area (Å²) in [5.41, 5.74) is 3.59. The van der Waals surface area contributed by atoms with Gasteiger partial charge < -0.3 is 9.64 Å². The van der Waals surface area contributed by atoms with Crippen molar-refractivity contribution in [1.82, 2.24) is 0 Å². The number of rotatable bonds is 8. The summed E-state index contributed by atoms with van der Waals surface area (Å²) in [5.74, 6) is -0.161. The Hall–Kier alpha value is -4.25. The van der Waals surface area contributed by atoms with E-state index >= 15 is 0 Å². The van der Waals surface area contributed by atoms with Gasteiger partial charge in [0.15, 0.2) is 0 Å². The molecule has 0 aromatic heterocycles. The molecule has 1 aliphatic heterocycles. The first-order valence-corrected chi connectivity index (χ1v) is 11.9. The second kappa shape index (κ2) is 10.6. The van der Waals surface area contributed by atoms with Crippen molar-refractivity contribution in [1.29, 1.82) is 0 Å². The molecule has 1 saturated heterocycles. The van der Waals surface area contributed by atoms with Gasteiger partial charge in [0.2, 0.25) is 5.91 Å². The maximum atomic E-state index is 13.5. The van der Waals surface area contributed by atoms with E-state index in [0.29, 0.717) is 18.7 Å². The molecule has 4 aromatic carbocycles. The fraction of sp³-hybridized carbons (Fsp3) is 0.129. The van der Waals surface area contributed by atoms with Crippen LogP contribution in [0.3, 0.4) is 0 Å². The van der Waals surface area contributed by atoms with Gasteiger partial charge >= 0.3 is 0 Å². The van der Waals surface area contributed by atoms with E-state index in [1.807, 2.05) is 66.7 Å². The van der Waals surface area contributed by atoms with Crippen LogP contribution in [0, 0.1) is 17.6 Å². The molecule has 4 aromatic rings. The SMILES string of the molecule is O=C1[C@H](CC=Cc2ccc(F)cc2)[C@@H](c2ccc(OCc3ccccc3)cc2)N1c1ccc(F)cc1. The summed E-state index contributed by atoms with van der Waals surface area (Å²) >= 11 is 0. The summed E-state index contributed by atoms with van der Waals surface area (Å²) in [5, 5.41) is 0. The van der Waals surface area contributed by atoms with E-state index < -0.39 is 0 Å². The molecule has 0 N–H and O–H groups in total. The largest absolute Gasteiger partial charge is 0.489 e. The van der Waals surface area contributed by atoms with E-state index in [1.54, 1.807) is 29.2 Å². The average Bonchev–Trinajstić information content (AvgIpc) is 2.91. The Labute approximate surface area is 209 Å². The van der Waals surface area contributed by atoms with Crippen LogP contribution < -0.4 is 9.64 Å². The Morgan fingerprint density at radius 1 is 0.778 bits per heavy atom. The monoisotopic (exact) mass is 481 g/mol. The number of carbonyl (C=O) groups is 1. The highest BCUT2D eigenvalue weighted by molar-refractivity contribution is 6.03. The maximum Gasteiger partial charge on any atom is 0.233 e. The van der Waals surface area contributed by atoms with Gasteiger partial charge in [-0.3, -0.25) is 4.79 Å². The van der Waals surface area contributed by atoms with Crippen molar-refractivity contribution in [2.45, 2.75) is 19.1 Å². The van der Waals surface area contributed by atoms with Crippen molar-refractivity contribution in [3.8, 4) is 5.75 Å². The van der Waals surface area contributed by atoms with E-state index in [1.165, 1.54) is 24.3 Å². The first-order valence-electron chi connectivity index (χ1n) is 11.9. The van der Waals surface area contributed by atoms with Gasteiger partial charge in [-0.1, -0.05) is 66.7 Å². The van der Waals surface area contributed by atoms with Crippen LogP contribution in [-0.2, 0) is 11.4 Å². The molecule has 0 radical (unpaired) electrons. The third-order valence-corrected chi connectivity index (χ3v) is 6.36. The number of hydrogen-bond acceptors (Lipinski definition) is 2. The quantitative estimate of drug-likeness (QED) is 0.246. The minimum atomic E-state index is -0.345. The van der Waals surface area contributed by atoms with Gasteiger partial charge in [-0.2, -0.15) is 0 Å². The fourth-order valence-corrected chi connectivity index (χ4v) is 4.48. The van der Waals surface area contributed by atoms with Gasteiger partial charge in [-0.05, 0) is 71.6 Å². The van der Waals surface area contributed by atoms with Crippen LogP contribution in [0.25, 0.3) is 6.08 Å². The Kier molecular flexibility index (Phi) is 6.89. The Balaban J connectivity index is 1.34. The second-order valence-corrected chi connectivity index (χ2v) is 8.77. The molecule has 5 rings (SSSR count). The zero-order chi connectivity index (χ0) is 24.9. The molecule has 0 bridgehead atoms. The van der Waals surface area contributed by atoms with Crippen molar-refractivity contribution >= 4 is 17.7 Å². The number of nitrogens with zero attached hydrogens (tertiary/aromatic N) is 1. The molecule has 1 amide bonds. The summed E-state index contributed by atoms with van der Waals surface area (Å²) < 4.78 is 32.6. The number of allylic oxidation sites excluding steroid dienone is 1. The Morgan fingerprint density at radius 3 is 2.08 bits per heavy atom. The average molecular weight is 482 g/mol. The third-order valence-electron chi connectivity index (χ3n) is 6.36. The zero-order valence-electron chi connectivity index (χ0n) is 19.6. The van der Waals surface area contributed by atoms with E-state index in [-0.39, 0.29) is 29.5 Å². The highest BCUT2D eigenvalue weighted by Gasteiger charge is 2.47. The van der Waals surface area contributed by atoms with Gasteiger partial charge in [-0.25, -0.2) is 8.78 Å². The summed E-state index contributed by atoms with van der Waals surface area (Å²) in [6, 6.07) is 29.7. The van der Waals surface area contributed by atoms with Gasteiger partial charge in [0.05, 0.1) is 12.0 Å². The van der Waals surface area contributed by atoms with Gasteiger partial charge in [0.1, 0.15) is 24.0 Å². The molecule has 0 spiro atoms. The van der Waals surface area contributed by atoms with Crippen LogP contribution in [-0.4, -0.2) is 5.91 Å². The summed E-state index contributed by atoms with van der Waals surface area (Å²) in [6.45, 7) is 0.473. The lowest BCUT2D eigenvalue weighted by Crippen LogP contribution is -2.55. The number of carbonyl (C=O) groups excluding carboxylic acids is 1. The molecular formula is C31H25F2NO2. The highest BCUT2D eigenvalue weighted by Crippen LogP contribution is 2.45. The van der Waals surface area contributed by atoms with Crippen molar-refractivity contribution in [3.05, 3.63) is 138 Å². The standard InChI is InChI=1S/C31H25F2NO2/c32-25-13-9-22(10-14-25)7-4-8-29-30(34(31(29)35)27-17-15-26(33)16-18-27)24-11-19-28(20-12-24)36-21-23-5-2-1-3-6-23/h1-7,9-20,29-30H,8,21H2/t29-,30-/m1/s1. The third kappa shape index (κ3) is 5.20. The number of amides is 1. The normalized spacial score (nSPS) is 17.3. The molecule has 2 atom stereocenters. The number of anilines is 1. The van der Waals surface area contributed by atoms with Crippen molar-refractivity contribution < 1.29 is 18.3 Å². The Bertz CT molecular complexity index is 1330. The van der Waals surface area contributed by atoms with Crippen LogP contribution in [0.2, 0.25) is 0 Å². The molecule has 1 aliphatic rings. The van der Waals surface area contributed by atoms with Crippen LogP contribution >= 0.6 is 0 Å². The molecular weight excluding hydrogens is 456 g/mol. The number of β-lactam (4-membered cyclic amide) rings is 1. The number of ether oxygens (including phenoxy) is 1. The van der Waals surface area contributed by atoms with Crippen LogP contribution in [0.5, 0.6) is 5.75 Å². The van der Waals surface area contributed by atoms with Crippen molar-refractivity contribution in [3.63, 3.8) is 0 Å². The molecule has 36 heavy (non-hydrogen) atoms. The lowest BCUT2D eigenvalue weighted by atomic mass is 9.79. The molecule has 0 saturated carbocycles. The Morgan fingerprint density at radius 2 is 1.42 bits per heavy atom. The number of hydrogen-bond donors (Lipinski definition) is 0. The first kappa shape index (κ1) is 23.5. The minimum Gasteiger partial charge on any atom is -0.489 e. The molecule has 180 valence electrons. The van der Waals surface area contributed by atoms with Crippen LogP contribution in [0.4, 0.5) is 14.5 Å². The predicted molar refractivity (Wildman–Crippen MR) is 137 cm³/mol. The van der Waals surface area contributed by atoms with Gasteiger partial charge in [0.25, 0.3) is 0 Å². The van der Waals surface area contributed by atoms with E-state index in [4.69, 9.17) is 4.74 Å². The molecule has 1 heterocycles. The van der Waals surface area contributed by atoms with E-state index in [0.717, 1.165) is 22.4 Å². The predicted octanol–water partition coefficient (Wildman–Crippen LogP) is 7.35. The van der Waals surface area contributed by atoms with Gasteiger partial charge in [0, 0.05) is 5.69 Å². The van der Waals surface area contributed by atoms with E-state index in [9.17, 15) is 13.6 Å². The number of halogens is 2. The van der Waals surface area contributed by atoms with Crippen LogP contribution in [0.15, 0.2) is 109 Å². The smallest absolute Gasteiger partial charge is 0.233 e. The summed E-state index contributed by atoms with van der Waals surface area (Å²) in [4.78, 5) is 14.9. The van der Waals surface area contributed by atoms with E-state index in [2.05, 4.69) is 0 Å². The topological polar surface area (TPSA) is 29.5 Å². The van der Waals surface area contributed by atoms with Crippen molar-refractivity contribution in [2.24, 2.45) is 5.92 Å². The maximum absolute atomic E-state index is 13.5.